The van der Waals surface area contributed by atoms with Gasteiger partial charge in [-0.2, -0.15) is 0 Å². The van der Waals surface area contributed by atoms with Crippen LogP contribution in [0.15, 0.2) is 47.4 Å². The molecule has 144 valence electrons. The van der Waals surface area contributed by atoms with Crippen molar-refractivity contribution in [3.05, 3.63) is 63.6 Å². The largest absolute Gasteiger partial charge is 0.396 e. The van der Waals surface area contributed by atoms with Crippen LogP contribution < -0.4 is 0 Å². The fourth-order valence-electron chi connectivity index (χ4n) is 3.44. The van der Waals surface area contributed by atoms with E-state index in [0.717, 1.165) is 22.3 Å². The lowest BCUT2D eigenvalue weighted by Crippen LogP contribution is -2.27. The quantitative estimate of drug-likeness (QED) is 0.755. The highest BCUT2D eigenvalue weighted by Crippen LogP contribution is 2.50. The van der Waals surface area contributed by atoms with Crippen LogP contribution in [0.1, 0.15) is 24.0 Å². The van der Waals surface area contributed by atoms with Crippen LogP contribution >= 0.6 is 23.2 Å². The zero-order chi connectivity index (χ0) is 19.8. The molecule has 27 heavy (non-hydrogen) atoms. The Labute approximate surface area is 169 Å². The van der Waals surface area contributed by atoms with Crippen molar-refractivity contribution in [1.29, 1.82) is 0 Å². The minimum absolute atomic E-state index is 0.154. The molecule has 0 aliphatic heterocycles. The van der Waals surface area contributed by atoms with E-state index < -0.39 is 15.3 Å². The Morgan fingerprint density at radius 3 is 1.89 bits per heavy atom. The van der Waals surface area contributed by atoms with Gasteiger partial charge in [0.15, 0.2) is 9.84 Å². The molecule has 0 fully saturated rings. The normalized spacial score (nSPS) is 16.8. The second-order valence-electron chi connectivity index (χ2n) is 7.05. The van der Waals surface area contributed by atoms with Crippen LogP contribution in [-0.2, 0) is 9.84 Å². The Hall–Kier alpha value is -1.37. The average Bonchev–Trinajstić information content (AvgIpc) is 3.04. The van der Waals surface area contributed by atoms with E-state index in [1.165, 1.54) is 6.26 Å². The van der Waals surface area contributed by atoms with Gasteiger partial charge in [0.2, 0.25) is 0 Å². The molecule has 0 bridgehead atoms. The second kappa shape index (κ2) is 7.57. The van der Waals surface area contributed by atoms with Crippen LogP contribution in [0.25, 0.3) is 11.1 Å². The van der Waals surface area contributed by atoms with E-state index >= 15 is 0 Å². The Morgan fingerprint density at radius 1 is 0.889 bits per heavy atom. The first-order valence-electron chi connectivity index (χ1n) is 8.39. The highest BCUT2D eigenvalue weighted by Gasteiger charge is 2.39. The molecule has 7 heteroatoms. The van der Waals surface area contributed by atoms with Gasteiger partial charge >= 0.3 is 0 Å². The molecule has 2 aromatic rings. The summed E-state index contributed by atoms with van der Waals surface area (Å²) in [6.45, 7) is -0.307. The summed E-state index contributed by atoms with van der Waals surface area (Å²) in [6.07, 6.45) is 2.13. The number of benzene rings is 2. The number of aliphatic hydroxyl groups excluding tert-OH is 2. The number of allylic oxidation sites excluding steroid dienone is 2. The zero-order valence-corrected chi connectivity index (χ0v) is 17.1. The Bertz CT molecular complexity index is 991. The van der Waals surface area contributed by atoms with E-state index in [9.17, 15) is 18.6 Å². The van der Waals surface area contributed by atoms with Gasteiger partial charge in [0, 0.05) is 11.7 Å². The molecule has 0 saturated carbocycles. The highest BCUT2D eigenvalue weighted by atomic mass is 35.5. The van der Waals surface area contributed by atoms with Gasteiger partial charge in [-0.05, 0) is 59.4 Å². The van der Waals surface area contributed by atoms with Gasteiger partial charge in [-0.1, -0.05) is 41.4 Å². The maximum absolute atomic E-state index is 11.7. The summed E-state index contributed by atoms with van der Waals surface area (Å²) in [5.41, 5.74) is 2.98. The van der Waals surface area contributed by atoms with Crippen molar-refractivity contribution in [1.82, 2.24) is 0 Å². The van der Waals surface area contributed by atoms with Crippen molar-refractivity contribution in [2.45, 2.75) is 17.7 Å². The van der Waals surface area contributed by atoms with Crippen LogP contribution in [-0.4, -0.2) is 38.1 Å². The molecular formula is C20H20Cl2O4S. The standard InChI is InChI=1S/C20H20Cl2O4S/c1-27(25,26)15-5-2-13(3-6-15)16-9-20(11-23,12-24)10-17(16)14-4-7-18(21)19(22)8-14/h2-8,23-24H,9-12H2,1H3. The maximum atomic E-state index is 11.7. The SMILES string of the molecule is CS(=O)(=O)c1ccc(C2=C(c3ccc(Cl)c(Cl)c3)CC(CO)(CO)C2)cc1. The van der Waals surface area contributed by atoms with Gasteiger partial charge in [0.05, 0.1) is 28.2 Å². The Kier molecular flexibility index (Phi) is 5.71. The summed E-state index contributed by atoms with van der Waals surface area (Å²) in [5, 5.41) is 20.6. The minimum atomic E-state index is -3.28. The van der Waals surface area contributed by atoms with E-state index in [1.807, 2.05) is 6.07 Å². The second-order valence-corrected chi connectivity index (χ2v) is 9.88. The van der Waals surface area contributed by atoms with Gasteiger partial charge in [0.1, 0.15) is 0 Å². The van der Waals surface area contributed by atoms with Crippen LogP contribution in [0, 0.1) is 5.41 Å². The van der Waals surface area contributed by atoms with E-state index in [0.29, 0.717) is 22.9 Å². The predicted octanol–water partition coefficient (Wildman–Crippen LogP) is 4.07. The van der Waals surface area contributed by atoms with Gasteiger partial charge in [-0.3, -0.25) is 0 Å². The van der Waals surface area contributed by atoms with Crippen molar-refractivity contribution in [3.63, 3.8) is 0 Å². The van der Waals surface area contributed by atoms with E-state index in [4.69, 9.17) is 23.2 Å². The van der Waals surface area contributed by atoms with Gasteiger partial charge in [0.25, 0.3) is 0 Å². The summed E-state index contributed by atoms with van der Waals surface area (Å²) < 4.78 is 23.4. The first-order valence-corrected chi connectivity index (χ1v) is 11.0. The number of hydrogen-bond acceptors (Lipinski definition) is 4. The molecule has 4 nitrogen and oxygen atoms in total. The molecule has 1 aliphatic carbocycles. The molecule has 3 rings (SSSR count). The highest BCUT2D eigenvalue weighted by molar-refractivity contribution is 7.90. The third kappa shape index (κ3) is 4.08. The Morgan fingerprint density at radius 2 is 1.41 bits per heavy atom. The fraction of sp³-hybridized carbons (Fsp3) is 0.300. The fourth-order valence-corrected chi connectivity index (χ4v) is 4.37. The predicted molar refractivity (Wildman–Crippen MR) is 109 cm³/mol. The molecule has 0 atom stereocenters. The Balaban J connectivity index is 2.12. The number of aliphatic hydroxyl groups is 2. The van der Waals surface area contributed by atoms with E-state index in [1.54, 1.807) is 36.4 Å². The average molecular weight is 427 g/mol. The van der Waals surface area contributed by atoms with Gasteiger partial charge < -0.3 is 10.2 Å². The van der Waals surface area contributed by atoms with Crippen molar-refractivity contribution < 1.29 is 18.6 Å². The first-order chi connectivity index (χ1) is 12.7. The van der Waals surface area contributed by atoms with Crippen LogP contribution in [0.2, 0.25) is 10.0 Å². The molecule has 0 radical (unpaired) electrons. The molecule has 0 spiro atoms. The van der Waals surface area contributed by atoms with E-state index in [2.05, 4.69) is 0 Å². The van der Waals surface area contributed by atoms with Crippen molar-refractivity contribution in [3.8, 4) is 0 Å². The van der Waals surface area contributed by atoms with Gasteiger partial charge in [-0.25, -0.2) is 8.42 Å². The summed E-state index contributed by atoms with van der Waals surface area (Å²) in [6, 6.07) is 12.0. The minimum Gasteiger partial charge on any atom is -0.396 e. The van der Waals surface area contributed by atoms with Crippen LogP contribution in [0.5, 0.6) is 0 Å². The summed E-state index contributed by atoms with van der Waals surface area (Å²) >= 11 is 12.2. The molecule has 0 saturated heterocycles. The summed E-state index contributed by atoms with van der Waals surface area (Å²) in [4.78, 5) is 0.247. The molecule has 1 aliphatic rings. The zero-order valence-electron chi connectivity index (χ0n) is 14.7. The van der Waals surface area contributed by atoms with Crippen molar-refractivity contribution in [2.75, 3.05) is 19.5 Å². The molecule has 0 unspecified atom stereocenters. The molecular weight excluding hydrogens is 407 g/mol. The first kappa shape index (κ1) is 20.4. The lowest BCUT2D eigenvalue weighted by molar-refractivity contribution is 0.0677. The number of halogens is 2. The van der Waals surface area contributed by atoms with Gasteiger partial charge in [-0.15, -0.1) is 0 Å². The number of rotatable bonds is 5. The lowest BCUT2D eigenvalue weighted by Gasteiger charge is -2.24. The monoisotopic (exact) mass is 426 g/mol. The summed E-state index contributed by atoms with van der Waals surface area (Å²) in [7, 11) is -3.28. The third-order valence-electron chi connectivity index (χ3n) is 5.04. The third-order valence-corrected chi connectivity index (χ3v) is 6.91. The van der Waals surface area contributed by atoms with E-state index in [-0.39, 0.29) is 18.1 Å². The molecule has 0 aromatic heterocycles. The summed E-state index contributed by atoms with van der Waals surface area (Å²) in [5.74, 6) is 0. The smallest absolute Gasteiger partial charge is 0.175 e. The molecule has 2 aromatic carbocycles. The maximum Gasteiger partial charge on any atom is 0.175 e. The van der Waals surface area contributed by atoms with Crippen molar-refractivity contribution in [2.24, 2.45) is 5.41 Å². The van der Waals surface area contributed by atoms with Crippen LogP contribution in [0.4, 0.5) is 0 Å². The molecule has 0 heterocycles. The lowest BCUT2D eigenvalue weighted by atomic mass is 9.84. The van der Waals surface area contributed by atoms with Crippen LogP contribution in [0.3, 0.4) is 0 Å². The molecule has 2 N–H and O–H groups in total. The topological polar surface area (TPSA) is 74.6 Å². The molecule has 0 amide bonds. The van der Waals surface area contributed by atoms with Crippen molar-refractivity contribution >= 4 is 44.2 Å². The number of hydrogen-bond donors (Lipinski definition) is 2. The number of sulfone groups is 1.